The van der Waals surface area contributed by atoms with Crippen LogP contribution in [0.15, 0.2) is 39.5 Å². The highest BCUT2D eigenvalue weighted by Crippen LogP contribution is 2.40. The lowest BCUT2D eigenvalue weighted by atomic mass is 9.97. The number of hydrogen-bond donors (Lipinski definition) is 12. The second-order valence-corrected chi connectivity index (χ2v) is 13.0. The van der Waals surface area contributed by atoms with Crippen molar-refractivity contribution in [2.75, 3.05) is 6.61 Å². The van der Waals surface area contributed by atoms with Gasteiger partial charge in [-0.15, -0.1) is 0 Å². The summed E-state index contributed by atoms with van der Waals surface area (Å²) in [6.45, 7) is 1.95. The Labute approximate surface area is 298 Å². The van der Waals surface area contributed by atoms with E-state index in [1.54, 1.807) is 0 Å². The van der Waals surface area contributed by atoms with Crippen LogP contribution in [-0.4, -0.2) is 160 Å². The number of phenols is 3. The molecule has 0 saturated carbocycles. The minimum atomic E-state index is -1.96. The average molecular weight is 757 g/mol. The monoisotopic (exact) mass is 756 g/mol. The lowest BCUT2D eigenvalue weighted by Gasteiger charge is -2.45. The summed E-state index contributed by atoms with van der Waals surface area (Å²) in [6.07, 6.45) is -24.6. The van der Waals surface area contributed by atoms with Crippen LogP contribution in [0.2, 0.25) is 0 Å². The van der Waals surface area contributed by atoms with Gasteiger partial charge in [-0.3, -0.25) is 4.79 Å². The van der Waals surface area contributed by atoms with Gasteiger partial charge in [0.15, 0.2) is 29.7 Å². The number of aromatic hydroxyl groups is 3. The molecule has 3 aromatic rings. The molecular formula is C33H40O20. The third-order valence-corrected chi connectivity index (χ3v) is 9.36. The highest BCUT2D eigenvalue weighted by molar-refractivity contribution is 5.88. The lowest BCUT2D eigenvalue weighted by molar-refractivity contribution is -0.355. The minimum absolute atomic E-state index is 0.0899. The van der Waals surface area contributed by atoms with E-state index in [1.165, 1.54) is 19.9 Å². The first-order valence-electron chi connectivity index (χ1n) is 16.4. The molecule has 2 aromatic carbocycles. The summed E-state index contributed by atoms with van der Waals surface area (Å²) < 4.78 is 39.9. The van der Waals surface area contributed by atoms with E-state index in [0.29, 0.717) is 0 Å². The number of phenolic OH excluding ortho intramolecular Hbond substituents is 3. The van der Waals surface area contributed by atoms with E-state index >= 15 is 0 Å². The van der Waals surface area contributed by atoms with Gasteiger partial charge in [0.1, 0.15) is 77.4 Å². The van der Waals surface area contributed by atoms with Crippen molar-refractivity contribution in [3.63, 3.8) is 0 Å². The molecule has 20 nitrogen and oxygen atoms in total. The zero-order chi connectivity index (χ0) is 38.6. The number of rotatable bonds is 8. The molecule has 3 fully saturated rings. The molecule has 3 aliphatic rings. The van der Waals surface area contributed by atoms with Crippen LogP contribution in [0.25, 0.3) is 22.3 Å². The van der Waals surface area contributed by atoms with Crippen molar-refractivity contribution in [3.05, 3.63) is 40.6 Å². The molecule has 3 aliphatic heterocycles. The quantitative estimate of drug-likeness (QED) is 0.101. The Morgan fingerprint density at radius 1 is 0.642 bits per heavy atom. The van der Waals surface area contributed by atoms with Crippen LogP contribution in [-0.2, 0) is 18.9 Å². The summed E-state index contributed by atoms with van der Waals surface area (Å²) >= 11 is 0. The van der Waals surface area contributed by atoms with Gasteiger partial charge < -0.3 is 94.1 Å². The molecule has 12 N–H and O–H groups in total. The Bertz CT molecular complexity index is 1830. The van der Waals surface area contributed by atoms with Crippen molar-refractivity contribution >= 4 is 11.0 Å². The molecule has 3 saturated heterocycles. The molecule has 1 aromatic heterocycles. The maximum Gasteiger partial charge on any atom is 0.239 e. The van der Waals surface area contributed by atoms with Crippen molar-refractivity contribution in [1.29, 1.82) is 0 Å². The molecule has 4 heterocycles. The molecule has 6 rings (SSSR count). The molecule has 0 spiro atoms. The number of aliphatic hydroxyl groups is 9. The first kappa shape index (κ1) is 38.8. The topological polar surface area (TPSA) is 328 Å². The van der Waals surface area contributed by atoms with Gasteiger partial charge in [-0.2, -0.15) is 0 Å². The van der Waals surface area contributed by atoms with E-state index in [2.05, 4.69) is 0 Å². The molecule has 0 amide bonds. The normalized spacial score (nSPS) is 37.8. The Morgan fingerprint density at radius 3 is 1.92 bits per heavy atom. The fraction of sp³-hybridized carbons (Fsp3) is 0.545. The first-order chi connectivity index (χ1) is 25.0. The number of fused-ring (bicyclic) bond motifs is 1. The summed E-state index contributed by atoms with van der Waals surface area (Å²) in [5.74, 6) is -3.38. The lowest BCUT2D eigenvalue weighted by Crippen LogP contribution is -2.64. The smallest absolute Gasteiger partial charge is 0.239 e. The van der Waals surface area contributed by atoms with Crippen molar-refractivity contribution in [2.24, 2.45) is 0 Å². The summed E-state index contributed by atoms with van der Waals surface area (Å²) in [7, 11) is 0. The van der Waals surface area contributed by atoms with Crippen LogP contribution in [0.4, 0.5) is 0 Å². The van der Waals surface area contributed by atoms with Gasteiger partial charge >= 0.3 is 0 Å². The van der Waals surface area contributed by atoms with Crippen LogP contribution in [0, 0.1) is 0 Å². The van der Waals surface area contributed by atoms with E-state index in [4.69, 9.17) is 32.8 Å². The molecule has 0 bridgehead atoms. The van der Waals surface area contributed by atoms with Crippen LogP contribution >= 0.6 is 0 Å². The standard InChI is InChI=1S/C33H40O20/c1-9-19(38)23(42)26(45)31(47-9)49-12-6-15(37)18-16(7-12)50-28(11-3-4-13(35)14(36)5-11)29(22(18)41)52-33-30(25(44)20(39)10(2)48-33)53-32-27(46)24(43)21(40)17(8-34)51-32/h3-7,9-10,17,19-21,23-27,30-40,42-46H,8H2,1-2H3/t9-,10-,17-,19+,20+,21-,23+,24-,25-,26-,27-,30+,31+,32+,33+/m1/s1. The molecule has 292 valence electrons. The van der Waals surface area contributed by atoms with Crippen LogP contribution in [0.1, 0.15) is 13.8 Å². The molecule has 20 heteroatoms. The average Bonchev–Trinajstić information content (AvgIpc) is 3.12. The van der Waals surface area contributed by atoms with Gasteiger partial charge in [0.05, 0.1) is 18.8 Å². The third-order valence-electron chi connectivity index (χ3n) is 9.36. The molecule has 15 atom stereocenters. The Kier molecular flexibility index (Phi) is 11.1. The van der Waals surface area contributed by atoms with Crippen LogP contribution in [0.3, 0.4) is 0 Å². The van der Waals surface area contributed by atoms with E-state index in [9.17, 15) is 66.1 Å². The fourth-order valence-corrected chi connectivity index (χ4v) is 6.23. The van der Waals surface area contributed by atoms with Gasteiger partial charge in [-0.25, -0.2) is 0 Å². The van der Waals surface area contributed by atoms with Gasteiger partial charge in [-0.1, -0.05) is 0 Å². The van der Waals surface area contributed by atoms with E-state index in [-0.39, 0.29) is 16.9 Å². The van der Waals surface area contributed by atoms with Gasteiger partial charge in [0.2, 0.25) is 23.8 Å². The van der Waals surface area contributed by atoms with Gasteiger partial charge in [0.25, 0.3) is 0 Å². The number of hydrogen-bond acceptors (Lipinski definition) is 20. The maximum atomic E-state index is 14.2. The number of benzene rings is 2. The van der Waals surface area contributed by atoms with Gasteiger partial charge in [0, 0.05) is 17.7 Å². The highest BCUT2D eigenvalue weighted by Gasteiger charge is 2.51. The third kappa shape index (κ3) is 7.22. The molecule has 0 aliphatic carbocycles. The SMILES string of the molecule is C[C@H]1O[C@@H](Oc2cc(O)c3c(=O)c(O[C@@H]4O[C@H](C)[C@H](O)[C@@H](O)[C@@H]4O[C@@H]4O[C@H](CO)[C@@H](O)[C@@H](O)[C@H]4O)c(-c4ccc(O)c(O)c4)oc3c2)[C@H](O)[C@@H](O)[C@H]1O. The summed E-state index contributed by atoms with van der Waals surface area (Å²) in [5, 5.41) is 124. The minimum Gasteiger partial charge on any atom is -0.507 e. The summed E-state index contributed by atoms with van der Waals surface area (Å²) in [5.41, 5.74) is -1.53. The predicted octanol–water partition coefficient (Wildman–Crippen LogP) is -3.19. The van der Waals surface area contributed by atoms with Gasteiger partial charge in [-0.05, 0) is 32.0 Å². The van der Waals surface area contributed by atoms with Crippen LogP contribution in [0.5, 0.6) is 28.7 Å². The van der Waals surface area contributed by atoms with Crippen molar-refractivity contribution in [2.45, 2.75) is 106 Å². The first-order valence-corrected chi connectivity index (χ1v) is 16.4. The zero-order valence-electron chi connectivity index (χ0n) is 27.9. The van der Waals surface area contributed by atoms with Crippen molar-refractivity contribution in [1.82, 2.24) is 0 Å². The molecule has 0 unspecified atom stereocenters. The Balaban J connectivity index is 1.42. The van der Waals surface area contributed by atoms with E-state index in [1.807, 2.05) is 0 Å². The summed E-state index contributed by atoms with van der Waals surface area (Å²) in [6, 6.07) is 5.35. The zero-order valence-corrected chi connectivity index (χ0v) is 27.9. The maximum absolute atomic E-state index is 14.2. The second kappa shape index (κ2) is 15.1. The van der Waals surface area contributed by atoms with Crippen molar-refractivity contribution in [3.8, 4) is 40.1 Å². The van der Waals surface area contributed by atoms with Crippen LogP contribution < -0.4 is 14.9 Å². The largest absolute Gasteiger partial charge is 0.507 e. The fourth-order valence-electron chi connectivity index (χ4n) is 6.23. The highest BCUT2D eigenvalue weighted by atomic mass is 16.8. The molecule has 0 radical (unpaired) electrons. The Morgan fingerprint density at radius 2 is 1.26 bits per heavy atom. The van der Waals surface area contributed by atoms with Crippen molar-refractivity contribution < 1.29 is 94.1 Å². The molecular weight excluding hydrogens is 716 g/mol. The predicted molar refractivity (Wildman–Crippen MR) is 172 cm³/mol. The van der Waals surface area contributed by atoms with E-state index < -0.39 is 138 Å². The Hall–Kier alpha value is -3.87. The molecule has 53 heavy (non-hydrogen) atoms. The second-order valence-electron chi connectivity index (χ2n) is 13.0. The summed E-state index contributed by atoms with van der Waals surface area (Å²) in [4.78, 5) is 14.2. The number of ether oxygens (including phenoxy) is 6. The number of aliphatic hydroxyl groups excluding tert-OH is 9. The van der Waals surface area contributed by atoms with E-state index in [0.717, 1.165) is 24.3 Å².